The van der Waals surface area contributed by atoms with E-state index in [0.29, 0.717) is 28.6 Å². The maximum Gasteiger partial charge on any atom is 0.262 e. The Morgan fingerprint density at radius 2 is 1.45 bits per heavy atom. The molecule has 0 fully saturated rings. The molecule has 1 N–H and O–H groups in total. The minimum Gasteiger partial charge on any atom is -0.497 e. The Morgan fingerprint density at radius 3 is 2.03 bits per heavy atom. The molecule has 0 aromatic heterocycles. The first-order chi connectivity index (χ1) is 15.1. The molecule has 3 aromatic carbocycles. The van der Waals surface area contributed by atoms with Gasteiger partial charge in [0.2, 0.25) is 5.75 Å². The molecule has 1 aliphatic rings. The SMILES string of the molecule is COc1ccc(N2C(=O)c3ccccc3N[C@H]2c2cc(OC)c(OC)c(OC)c2)cc1. The van der Waals surface area contributed by atoms with Crippen LogP contribution in [0.15, 0.2) is 60.7 Å². The van der Waals surface area contributed by atoms with Crippen molar-refractivity contribution in [3.63, 3.8) is 0 Å². The van der Waals surface area contributed by atoms with E-state index in [2.05, 4.69) is 5.32 Å². The van der Waals surface area contributed by atoms with Gasteiger partial charge in [-0.15, -0.1) is 0 Å². The van der Waals surface area contributed by atoms with E-state index in [9.17, 15) is 4.79 Å². The van der Waals surface area contributed by atoms with Crippen molar-refractivity contribution in [2.45, 2.75) is 6.17 Å². The number of anilines is 2. The topological polar surface area (TPSA) is 69.3 Å². The predicted molar refractivity (Wildman–Crippen MR) is 119 cm³/mol. The monoisotopic (exact) mass is 420 g/mol. The molecule has 0 radical (unpaired) electrons. The second-order valence-electron chi connectivity index (χ2n) is 6.92. The van der Waals surface area contributed by atoms with E-state index >= 15 is 0 Å². The Bertz CT molecular complexity index is 1070. The number of amides is 1. The van der Waals surface area contributed by atoms with Crippen LogP contribution in [-0.4, -0.2) is 34.3 Å². The molecule has 1 amide bonds. The summed E-state index contributed by atoms with van der Waals surface area (Å²) in [6.07, 6.45) is -0.496. The summed E-state index contributed by atoms with van der Waals surface area (Å²) in [4.78, 5) is 15.3. The molecule has 7 heteroatoms. The number of hydrogen-bond donors (Lipinski definition) is 1. The van der Waals surface area contributed by atoms with Gasteiger partial charge in [-0.25, -0.2) is 0 Å². The minimum absolute atomic E-state index is 0.113. The van der Waals surface area contributed by atoms with Crippen molar-refractivity contribution in [2.75, 3.05) is 38.7 Å². The van der Waals surface area contributed by atoms with Crippen molar-refractivity contribution in [3.05, 3.63) is 71.8 Å². The Balaban J connectivity index is 1.88. The van der Waals surface area contributed by atoms with Gasteiger partial charge in [-0.2, -0.15) is 0 Å². The minimum atomic E-state index is -0.496. The number of carbonyl (C=O) groups is 1. The molecular formula is C24H24N2O5. The zero-order valence-corrected chi connectivity index (χ0v) is 17.8. The fourth-order valence-corrected chi connectivity index (χ4v) is 3.76. The van der Waals surface area contributed by atoms with Crippen LogP contribution in [0.5, 0.6) is 23.0 Å². The van der Waals surface area contributed by atoms with Gasteiger partial charge >= 0.3 is 0 Å². The average Bonchev–Trinajstić information content (AvgIpc) is 2.83. The molecule has 0 bridgehead atoms. The van der Waals surface area contributed by atoms with Crippen LogP contribution in [0.3, 0.4) is 0 Å². The molecular weight excluding hydrogens is 396 g/mol. The summed E-state index contributed by atoms with van der Waals surface area (Å²) in [5, 5.41) is 3.48. The van der Waals surface area contributed by atoms with Crippen LogP contribution in [0.2, 0.25) is 0 Å². The molecule has 1 heterocycles. The summed E-state index contributed by atoms with van der Waals surface area (Å²) in [7, 11) is 6.30. The van der Waals surface area contributed by atoms with Gasteiger partial charge in [0.15, 0.2) is 11.5 Å². The highest BCUT2D eigenvalue weighted by molar-refractivity contribution is 6.12. The van der Waals surface area contributed by atoms with Crippen molar-refractivity contribution in [3.8, 4) is 23.0 Å². The standard InChI is InChI=1S/C24H24N2O5/c1-28-17-11-9-16(10-12-17)26-23(25-19-8-6-5-7-18(19)24(26)27)15-13-20(29-2)22(31-4)21(14-15)30-3/h5-14,23,25H,1-4H3/t23-/m1/s1. The third-order valence-electron chi connectivity index (χ3n) is 5.28. The lowest BCUT2D eigenvalue weighted by Gasteiger charge is -2.38. The number of nitrogens with one attached hydrogen (secondary N) is 1. The molecule has 0 saturated heterocycles. The number of methoxy groups -OCH3 is 4. The predicted octanol–water partition coefficient (Wildman–Crippen LogP) is 4.49. The number of hydrogen-bond acceptors (Lipinski definition) is 6. The zero-order chi connectivity index (χ0) is 22.0. The van der Waals surface area contributed by atoms with Crippen LogP contribution in [-0.2, 0) is 0 Å². The molecule has 0 saturated carbocycles. The maximum atomic E-state index is 13.6. The van der Waals surface area contributed by atoms with Gasteiger partial charge in [0.1, 0.15) is 11.9 Å². The molecule has 1 aliphatic heterocycles. The quantitative estimate of drug-likeness (QED) is 0.634. The van der Waals surface area contributed by atoms with Gasteiger partial charge < -0.3 is 24.3 Å². The van der Waals surface area contributed by atoms with Gasteiger partial charge in [0.05, 0.1) is 34.0 Å². The van der Waals surface area contributed by atoms with Gasteiger partial charge in [0.25, 0.3) is 5.91 Å². The average molecular weight is 420 g/mol. The molecule has 0 aliphatic carbocycles. The second kappa shape index (κ2) is 8.47. The Labute approximate surface area is 181 Å². The van der Waals surface area contributed by atoms with Gasteiger partial charge in [0, 0.05) is 16.9 Å². The van der Waals surface area contributed by atoms with Crippen LogP contribution in [0.25, 0.3) is 0 Å². The van der Waals surface area contributed by atoms with E-state index in [1.54, 1.807) is 33.3 Å². The van der Waals surface area contributed by atoms with Crippen LogP contribution in [0.4, 0.5) is 11.4 Å². The van der Waals surface area contributed by atoms with Crippen LogP contribution in [0, 0.1) is 0 Å². The van der Waals surface area contributed by atoms with Crippen molar-refractivity contribution in [1.29, 1.82) is 0 Å². The first-order valence-corrected chi connectivity index (χ1v) is 9.74. The largest absolute Gasteiger partial charge is 0.497 e. The Kier molecular flexibility index (Phi) is 5.58. The third-order valence-corrected chi connectivity index (χ3v) is 5.28. The molecule has 31 heavy (non-hydrogen) atoms. The van der Waals surface area contributed by atoms with Crippen molar-refractivity contribution < 1.29 is 23.7 Å². The van der Waals surface area contributed by atoms with Crippen LogP contribution >= 0.6 is 0 Å². The molecule has 1 atom stereocenters. The summed E-state index contributed by atoms with van der Waals surface area (Å²) in [6.45, 7) is 0. The number of fused-ring (bicyclic) bond motifs is 1. The fourth-order valence-electron chi connectivity index (χ4n) is 3.76. The highest BCUT2D eigenvalue weighted by Gasteiger charge is 2.35. The summed E-state index contributed by atoms with van der Waals surface area (Å²) in [5.41, 5.74) is 2.87. The first-order valence-electron chi connectivity index (χ1n) is 9.74. The molecule has 0 spiro atoms. The summed E-state index contributed by atoms with van der Waals surface area (Å²) in [5.74, 6) is 2.12. The lowest BCUT2D eigenvalue weighted by molar-refractivity contribution is 0.0974. The number of carbonyl (C=O) groups excluding carboxylic acids is 1. The highest BCUT2D eigenvalue weighted by Crippen LogP contribution is 2.43. The Morgan fingerprint density at radius 1 is 0.806 bits per heavy atom. The lowest BCUT2D eigenvalue weighted by Crippen LogP contribution is -2.43. The van der Waals surface area contributed by atoms with Crippen molar-refractivity contribution in [2.24, 2.45) is 0 Å². The summed E-state index contributed by atoms with van der Waals surface area (Å²) in [6, 6.07) is 18.5. The molecule has 0 unspecified atom stereocenters. The number of rotatable bonds is 6. The molecule has 7 nitrogen and oxygen atoms in total. The van der Waals surface area contributed by atoms with Crippen LogP contribution < -0.4 is 29.2 Å². The van der Waals surface area contributed by atoms with Crippen molar-refractivity contribution in [1.82, 2.24) is 0 Å². The zero-order valence-electron chi connectivity index (χ0n) is 17.8. The van der Waals surface area contributed by atoms with E-state index in [4.69, 9.17) is 18.9 Å². The molecule has 160 valence electrons. The number of benzene rings is 3. The molecule has 3 aromatic rings. The number of ether oxygens (including phenoxy) is 4. The second-order valence-corrected chi connectivity index (χ2v) is 6.92. The number of para-hydroxylation sites is 1. The Hall–Kier alpha value is -3.87. The lowest BCUT2D eigenvalue weighted by atomic mass is 10.0. The van der Waals surface area contributed by atoms with Gasteiger partial charge in [-0.1, -0.05) is 12.1 Å². The maximum absolute atomic E-state index is 13.6. The smallest absolute Gasteiger partial charge is 0.262 e. The van der Waals surface area contributed by atoms with Gasteiger partial charge in [-0.3, -0.25) is 9.69 Å². The molecule has 4 rings (SSSR count). The first kappa shape index (κ1) is 20.4. The van der Waals surface area contributed by atoms with E-state index < -0.39 is 6.17 Å². The highest BCUT2D eigenvalue weighted by atomic mass is 16.5. The summed E-state index contributed by atoms with van der Waals surface area (Å²) >= 11 is 0. The van der Waals surface area contributed by atoms with E-state index in [0.717, 1.165) is 16.9 Å². The number of nitrogens with zero attached hydrogens (tertiary/aromatic N) is 1. The van der Waals surface area contributed by atoms with E-state index in [1.165, 1.54) is 0 Å². The van der Waals surface area contributed by atoms with Crippen LogP contribution in [0.1, 0.15) is 22.1 Å². The fraction of sp³-hybridized carbons (Fsp3) is 0.208. The van der Waals surface area contributed by atoms with E-state index in [1.807, 2.05) is 60.7 Å². The summed E-state index contributed by atoms with van der Waals surface area (Å²) < 4.78 is 21.8. The normalized spacial score (nSPS) is 15.0. The van der Waals surface area contributed by atoms with E-state index in [-0.39, 0.29) is 5.91 Å². The van der Waals surface area contributed by atoms with Gasteiger partial charge in [-0.05, 0) is 48.5 Å². The third kappa shape index (κ3) is 3.59. The van der Waals surface area contributed by atoms with Crippen molar-refractivity contribution >= 4 is 17.3 Å².